The average Bonchev–Trinajstić information content (AvgIpc) is 1.41. The molecule has 0 aromatic heterocycles. The first-order valence-corrected chi connectivity index (χ1v) is 2.09. The van der Waals surface area contributed by atoms with Crippen molar-refractivity contribution in [1.29, 1.82) is 0 Å². The number of carbonyl (C=O) groups is 1. The summed E-state index contributed by atoms with van der Waals surface area (Å²) in [5.41, 5.74) is 8.50. The molecule has 0 aromatic carbocycles. The van der Waals surface area contributed by atoms with Crippen LogP contribution >= 0.6 is 0 Å². The van der Waals surface area contributed by atoms with E-state index in [0.29, 0.717) is 0 Å². The Kier molecular flexibility index (Phi) is 36.4. The van der Waals surface area contributed by atoms with Gasteiger partial charge < -0.3 is 11.5 Å². The Balaban J connectivity index is -0.0000000480. The second-order valence-electron chi connectivity index (χ2n) is 0.402. The van der Waals surface area contributed by atoms with Gasteiger partial charge in [-0.3, -0.25) is 0 Å². The second kappa shape index (κ2) is 16.3. The molecule has 0 aliphatic carbocycles. The van der Waals surface area contributed by atoms with E-state index in [9.17, 15) is 0 Å². The first kappa shape index (κ1) is 15.7. The molecule has 0 fully saturated rings. The molecule has 1 radical (unpaired) electrons. The summed E-state index contributed by atoms with van der Waals surface area (Å²) in [5.74, 6) is 1.62. The first-order valence-electron chi connectivity index (χ1n) is 1.10. The Morgan fingerprint density at radius 3 is 1.43 bits per heavy atom. The van der Waals surface area contributed by atoms with E-state index in [2.05, 4.69) is 26.9 Å². The van der Waals surface area contributed by atoms with Crippen molar-refractivity contribution in [2.45, 2.75) is 5.89 Å². The fourth-order valence-corrected chi connectivity index (χ4v) is 0. The molecule has 2 amide bonds. The molecular formula is C2H7CuN2NiO. The Hall–Kier alpha value is 0.283. The maximum absolute atomic E-state index is 9.00. The van der Waals surface area contributed by atoms with Crippen molar-refractivity contribution in [3.8, 4) is 0 Å². The molecular weight excluding hydrogens is 190 g/mol. The number of hydrogen-bond donors (Lipinski definition) is 2. The summed E-state index contributed by atoms with van der Waals surface area (Å²) in [7, 11) is 0. The third-order valence-corrected chi connectivity index (χ3v) is 0. The van der Waals surface area contributed by atoms with E-state index in [0.717, 1.165) is 0 Å². The van der Waals surface area contributed by atoms with Crippen LogP contribution in [0.3, 0.4) is 0 Å². The third-order valence-electron chi connectivity index (χ3n) is 0. The van der Waals surface area contributed by atoms with E-state index in [1.54, 1.807) is 5.89 Å². The molecule has 3 nitrogen and oxygen atoms in total. The van der Waals surface area contributed by atoms with Crippen molar-refractivity contribution < 1.29 is 37.3 Å². The zero-order chi connectivity index (χ0) is 5.58. The van der Waals surface area contributed by atoms with Gasteiger partial charge in [-0.15, -0.1) is 0 Å². The summed E-state index contributed by atoms with van der Waals surface area (Å²) in [4.78, 5) is 9.00. The molecule has 0 rings (SSSR count). The predicted octanol–water partition coefficient (Wildman–Crippen LogP) is -0.397. The Labute approximate surface area is 61.0 Å². The van der Waals surface area contributed by atoms with Crippen LogP contribution in [0.5, 0.6) is 0 Å². The van der Waals surface area contributed by atoms with Crippen LogP contribution in [-0.4, -0.2) is 6.03 Å². The minimum atomic E-state index is -0.833. The van der Waals surface area contributed by atoms with Gasteiger partial charge in [0.2, 0.25) is 0 Å². The molecule has 0 saturated heterocycles. The number of nitrogens with two attached hydrogens (primary N) is 2. The SMILES string of the molecule is NC(N)=O.[CH3][Ni].[Cu]. The van der Waals surface area contributed by atoms with E-state index >= 15 is 0 Å². The largest absolute Gasteiger partial charge is 0 e. The Morgan fingerprint density at radius 2 is 1.43 bits per heavy atom. The summed E-state index contributed by atoms with van der Waals surface area (Å²) in [6.45, 7) is 0. The van der Waals surface area contributed by atoms with Crippen molar-refractivity contribution in [3.63, 3.8) is 0 Å². The number of amides is 2. The minimum Gasteiger partial charge on any atom is 0 e. The van der Waals surface area contributed by atoms with Crippen LogP contribution in [0.25, 0.3) is 0 Å². The molecule has 0 aromatic rings. The average molecular weight is 197 g/mol. The monoisotopic (exact) mass is 196 g/mol. The van der Waals surface area contributed by atoms with E-state index in [4.69, 9.17) is 4.79 Å². The number of primary amides is 2. The second-order valence-corrected chi connectivity index (χ2v) is 0.402. The van der Waals surface area contributed by atoms with Gasteiger partial charge in [-0.1, -0.05) is 0 Å². The summed E-state index contributed by atoms with van der Waals surface area (Å²) >= 11 is 3.88. The molecule has 0 aliphatic heterocycles. The fourth-order valence-electron chi connectivity index (χ4n) is 0. The van der Waals surface area contributed by atoms with Gasteiger partial charge in [0.15, 0.2) is 0 Å². The summed E-state index contributed by atoms with van der Waals surface area (Å²) in [6.07, 6.45) is 0. The Bertz CT molecular complexity index is 38.7. The molecule has 4 N–H and O–H groups in total. The van der Waals surface area contributed by atoms with E-state index in [-0.39, 0.29) is 17.1 Å². The quantitative estimate of drug-likeness (QED) is 0.510. The molecule has 52 valence electrons. The number of carbonyl (C=O) groups excluding carboxylic acids is 1. The molecule has 0 heterocycles. The van der Waals surface area contributed by atoms with Crippen molar-refractivity contribution in [3.05, 3.63) is 0 Å². The van der Waals surface area contributed by atoms with Crippen LogP contribution in [0, 0.1) is 0 Å². The fraction of sp³-hybridized carbons (Fsp3) is 0.500. The number of urea groups is 1. The van der Waals surface area contributed by atoms with Crippen LogP contribution in [-0.2, 0) is 32.5 Å². The summed E-state index contributed by atoms with van der Waals surface area (Å²) in [6, 6.07) is -0.833. The van der Waals surface area contributed by atoms with Gasteiger partial charge in [0.1, 0.15) is 0 Å². The molecule has 7 heavy (non-hydrogen) atoms. The summed E-state index contributed by atoms with van der Waals surface area (Å²) < 4.78 is 0. The van der Waals surface area contributed by atoms with Crippen LogP contribution in [0.4, 0.5) is 4.79 Å². The van der Waals surface area contributed by atoms with Crippen molar-refractivity contribution >= 4 is 6.03 Å². The topological polar surface area (TPSA) is 69.1 Å². The number of rotatable bonds is 0. The molecule has 0 atom stereocenters. The van der Waals surface area contributed by atoms with E-state index < -0.39 is 6.03 Å². The molecule has 0 spiro atoms. The minimum absolute atomic E-state index is 0. The molecule has 0 saturated carbocycles. The van der Waals surface area contributed by atoms with Gasteiger partial charge in [0, 0.05) is 17.1 Å². The molecule has 0 unspecified atom stereocenters. The van der Waals surface area contributed by atoms with E-state index in [1.165, 1.54) is 0 Å². The van der Waals surface area contributed by atoms with Gasteiger partial charge >= 0.3 is 27.4 Å². The van der Waals surface area contributed by atoms with Crippen molar-refractivity contribution in [2.75, 3.05) is 0 Å². The van der Waals surface area contributed by atoms with Gasteiger partial charge in [-0.2, -0.15) is 0 Å². The zero-order valence-electron chi connectivity index (χ0n) is 3.68. The summed E-state index contributed by atoms with van der Waals surface area (Å²) in [5, 5.41) is 0. The third kappa shape index (κ3) is 1440. The van der Waals surface area contributed by atoms with Gasteiger partial charge in [-0.05, 0) is 0 Å². The van der Waals surface area contributed by atoms with Crippen LogP contribution < -0.4 is 11.5 Å². The first-order chi connectivity index (χ1) is 2.73. The van der Waals surface area contributed by atoms with Crippen LogP contribution in [0.15, 0.2) is 0 Å². The van der Waals surface area contributed by atoms with Crippen LogP contribution in [0.2, 0.25) is 5.89 Å². The zero-order valence-corrected chi connectivity index (χ0v) is 5.61. The maximum atomic E-state index is 9.00. The predicted molar refractivity (Wildman–Crippen MR) is 19.6 cm³/mol. The molecule has 0 bridgehead atoms. The molecule has 5 heteroatoms. The smallest absolute Gasteiger partial charge is 0 e. The van der Waals surface area contributed by atoms with Crippen molar-refractivity contribution in [1.82, 2.24) is 0 Å². The Morgan fingerprint density at radius 1 is 1.43 bits per heavy atom. The van der Waals surface area contributed by atoms with Gasteiger partial charge in [0.25, 0.3) is 0 Å². The van der Waals surface area contributed by atoms with Gasteiger partial charge in [-0.25, -0.2) is 4.79 Å². The molecule has 0 aliphatic rings. The van der Waals surface area contributed by atoms with Crippen LogP contribution in [0.1, 0.15) is 0 Å². The number of hydrogen-bond acceptors (Lipinski definition) is 1. The van der Waals surface area contributed by atoms with E-state index in [1.807, 2.05) is 0 Å². The standard InChI is InChI=1S/CH4N2O.CH3.Cu.Ni/c2-1(3)4;;;/h(H4,2,3,4);1H3;;. The van der Waals surface area contributed by atoms with Gasteiger partial charge in [0.05, 0.1) is 0 Å². The van der Waals surface area contributed by atoms with Crippen molar-refractivity contribution in [2.24, 2.45) is 11.5 Å². The normalized spacial score (nSPS) is 4.43. The maximum Gasteiger partial charge on any atom is 0 e.